The molecule has 0 bridgehead atoms. The number of rotatable bonds is 6. The lowest BCUT2D eigenvalue weighted by atomic mass is 10.2. The summed E-state index contributed by atoms with van der Waals surface area (Å²) < 4.78 is 3.03. The molecule has 0 saturated heterocycles. The van der Waals surface area contributed by atoms with Crippen LogP contribution in [0.5, 0.6) is 0 Å². The zero-order chi connectivity index (χ0) is 22.0. The second-order valence-corrected chi connectivity index (χ2v) is 8.29. The maximum Gasteiger partial charge on any atom is 0.336 e. The van der Waals surface area contributed by atoms with Crippen LogP contribution in [-0.2, 0) is 17.9 Å². The Bertz CT molecular complexity index is 1350. The van der Waals surface area contributed by atoms with Crippen LogP contribution in [0, 0.1) is 6.92 Å². The Labute approximate surface area is 183 Å². The first-order valence-electron chi connectivity index (χ1n) is 10.1. The van der Waals surface area contributed by atoms with E-state index in [2.05, 4.69) is 0 Å². The van der Waals surface area contributed by atoms with Crippen LogP contribution < -0.4 is 11.2 Å². The maximum atomic E-state index is 13.4. The lowest BCUT2D eigenvalue weighted by Crippen LogP contribution is -2.42. The Morgan fingerprint density at radius 3 is 2.52 bits per heavy atom. The van der Waals surface area contributed by atoms with E-state index in [0.29, 0.717) is 29.0 Å². The number of likely N-dealkylation sites (N-methyl/N-ethyl adjacent to an activating group) is 1. The monoisotopic (exact) mass is 433 g/mol. The molecule has 0 aliphatic carbocycles. The molecule has 1 amide bonds. The van der Waals surface area contributed by atoms with Gasteiger partial charge in [-0.05, 0) is 48.6 Å². The van der Waals surface area contributed by atoms with Crippen molar-refractivity contribution in [1.82, 2.24) is 14.0 Å². The Hall–Kier alpha value is -3.45. The van der Waals surface area contributed by atoms with Gasteiger partial charge < -0.3 is 4.90 Å². The third-order valence-corrected chi connectivity index (χ3v) is 6.15. The number of hydrogen-bond donors (Lipinski definition) is 0. The number of benzene rings is 2. The Balaban J connectivity index is 1.77. The van der Waals surface area contributed by atoms with Crippen LogP contribution in [0.1, 0.15) is 18.1 Å². The van der Waals surface area contributed by atoms with E-state index in [4.69, 9.17) is 0 Å². The van der Waals surface area contributed by atoms with Crippen molar-refractivity contribution in [2.45, 2.75) is 26.9 Å². The minimum atomic E-state index is -0.509. The van der Waals surface area contributed by atoms with Crippen molar-refractivity contribution in [3.8, 4) is 5.69 Å². The highest BCUT2D eigenvalue weighted by molar-refractivity contribution is 7.17. The summed E-state index contributed by atoms with van der Waals surface area (Å²) in [6.45, 7) is 4.68. The van der Waals surface area contributed by atoms with Crippen LogP contribution in [0.25, 0.3) is 15.9 Å². The highest BCUT2D eigenvalue weighted by atomic mass is 32.1. The summed E-state index contributed by atoms with van der Waals surface area (Å²) in [4.78, 5) is 41.3. The largest absolute Gasteiger partial charge is 0.337 e. The van der Waals surface area contributed by atoms with Crippen LogP contribution in [0.2, 0.25) is 0 Å². The quantitative estimate of drug-likeness (QED) is 0.467. The van der Waals surface area contributed by atoms with Gasteiger partial charge in [0.1, 0.15) is 11.2 Å². The van der Waals surface area contributed by atoms with Crippen LogP contribution >= 0.6 is 11.3 Å². The second-order valence-electron chi connectivity index (χ2n) is 7.38. The third kappa shape index (κ3) is 4.09. The van der Waals surface area contributed by atoms with Crippen molar-refractivity contribution < 1.29 is 4.79 Å². The van der Waals surface area contributed by atoms with Gasteiger partial charge in [-0.1, -0.05) is 42.5 Å². The molecule has 31 heavy (non-hydrogen) atoms. The standard InChI is InChI=1S/C24H23N3O3S/c1-3-25(15-18-9-5-4-6-10-18)21(28)16-26-20-12-13-31-22(20)23(29)27(24(26)30)19-11-7-8-17(2)14-19/h4-14H,3,15-16H2,1-2H3. The molecule has 0 unspecified atom stereocenters. The molecular formula is C24H23N3O3S. The summed E-state index contributed by atoms with van der Waals surface area (Å²) in [5.41, 5.74) is 2.09. The van der Waals surface area contributed by atoms with E-state index < -0.39 is 5.69 Å². The first-order chi connectivity index (χ1) is 15.0. The molecular weight excluding hydrogens is 410 g/mol. The topological polar surface area (TPSA) is 64.3 Å². The van der Waals surface area contributed by atoms with Crippen molar-refractivity contribution in [2.75, 3.05) is 6.54 Å². The van der Waals surface area contributed by atoms with E-state index in [9.17, 15) is 14.4 Å². The molecule has 2 heterocycles. The summed E-state index contributed by atoms with van der Waals surface area (Å²) in [5, 5.41) is 1.77. The Morgan fingerprint density at radius 1 is 1.03 bits per heavy atom. The van der Waals surface area contributed by atoms with E-state index in [1.165, 1.54) is 15.9 Å². The smallest absolute Gasteiger partial charge is 0.336 e. The summed E-state index contributed by atoms with van der Waals surface area (Å²) in [7, 11) is 0. The van der Waals surface area contributed by atoms with Crippen molar-refractivity contribution >= 4 is 27.5 Å². The van der Waals surface area contributed by atoms with Crippen LogP contribution in [0.15, 0.2) is 75.6 Å². The fourth-order valence-electron chi connectivity index (χ4n) is 3.65. The average Bonchev–Trinajstić information content (AvgIpc) is 3.26. The maximum absolute atomic E-state index is 13.4. The van der Waals surface area contributed by atoms with Crippen LogP contribution in [0.3, 0.4) is 0 Å². The number of nitrogens with zero attached hydrogens (tertiary/aromatic N) is 3. The summed E-state index contributed by atoms with van der Waals surface area (Å²) in [6.07, 6.45) is 0. The molecule has 4 rings (SSSR count). The number of aromatic nitrogens is 2. The molecule has 0 spiro atoms. The summed E-state index contributed by atoms with van der Waals surface area (Å²) >= 11 is 1.28. The SMILES string of the molecule is CCN(Cc1ccccc1)C(=O)Cn1c(=O)n(-c2cccc(C)c2)c(=O)c2sccc21. The molecule has 0 aliphatic heterocycles. The van der Waals surface area contributed by atoms with Gasteiger partial charge in [0, 0.05) is 13.1 Å². The van der Waals surface area contributed by atoms with Gasteiger partial charge in [0.05, 0.1) is 11.2 Å². The lowest BCUT2D eigenvalue weighted by molar-refractivity contribution is -0.132. The van der Waals surface area contributed by atoms with Crippen molar-refractivity contribution in [2.24, 2.45) is 0 Å². The molecule has 6 nitrogen and oxygen atoms in total. The van der Waals surface area contributed by atoms with Crippen molar-refractivity contribution in [3.05, 3.63) is 98.0 Å². The zero-order valence-electron chi connectivity index (χ0n) is 17.4. The predicted molar refractivity (Wildman–Crippen MR) is 124 cm³/mol. The normalized spacial score (nSPS) is 11.0. The number of aryl methyl sites for hydroxylation is 1. The minimum absolute atomic E-state index is 0.126. The van der Waals surface area contributed by atoms with Gasteiger partial charge in [-0.3, -0.25) is 14.2 Å². The number of carbonyl (C=O) groups excluding carboxylic acids is 1. The molecule has 7 heteroatoms. The molecule has 0 fully saturated rings. The molecule has 158 valence electrons. The number of fused-ring (bicyclic) bond motifs is 1. The molecule has 2 aromatic carbocycles. The van der Waals surface area contributed by atoms with Gasteiger partial charge in [-0.15, -0.1) is 11.3 Å². The first kappa shape index (κ1) is 20.8. The van der Waals surface area contributed by atoms with Gasteiger partial charge in [-0.25, -0.2) is 9.36 Å². The Morgan fingerprint density at radius 2 is 1.81 bits per heavy atom. The van der Waals surface area contributed by atoms with E-state index in [1.807, 2.05) is 56.3 Å². The summed E-state index contributed by atoms with van der Waals surface area (Å²) in [6, 6.07) is 18.7. The number of carbonyl (C=O) groups is 1. The average molecular weight is 434 g/mol. The van der Waals surface area contributed by atoms with Gasteiger partial charge in [-0.2, -0.15) is 0 Å². The van der Waals surface area contributed by atoms with Gasteiger partial charge in [0.15, 0.2) is 0 Å². The molecule has 0 aliphatic rings. The molecule has 0 radical (unpaired) electrons. The van der Waals surface area contributed by atoms with Gasteiger partial charge >= 0.3 is 5.69 Å². The molecule has 0 atom stereocenters. The lowest BCUT2D eigenvalue weighted by Gasteiger charge is -2.22. The molecule has 4 aromatic rings. The van der Waals surface area contributed by atoms with Crippen molar-refractivity contribution in [3.63, 3.8) is 0 Å². The van der Waals surface area contributed by atoms with Gasteiger partial charge in [0.2, 0.25) is 5.91 Å². The second kappa shape index (κ2) is 8.73. The number of hydrogen-bond acceptors (Lipinski definition) is 4. The van der Waals surface area contributed by atoms with E-state index >= 15 is 0 Å². The van der Waals surface area contributed by atoms with Crippen LogP contribution in [-0.4, -0.2) is 26.5 Å². The predicted octanol–water partition coefficient (Wildman–Crippen LogP) is 3.57. The van der Waals surface area contributed by atoms with Crippen LogP contribution in [0.4, 0.5) is 0 Å². The zero-order valence-corrected chi connectivity index (χ0v) is 18.3. The molecule has 2 aromatic heterocycles. The number of thiophene rings is 1. The highest BCUT2D eigenvalue weighted by Gasteiger charge is 2.20. The molecule has 0 N–H and O–H groups in total. The third-order valence-electron chi connectivity index (χ3n) is 5.26. The first-order valence-corrected chi connectivity index (χ1v) is 11.0. The Kier molecular flexibility index (Phi) is 5.86. The number of amides is 1. The minimum Gasteiger partial charge on any atom is -0.337 e. The van der Waals surface area contributed by atoms with Crippen molar-refractivity contribution in [1.29, 1.82) is 0 Å². The molecule has 0 saturated carbocycles. The van der Waals surface area contributed by atoms with Gasteiger partial charge in [0.25, 0.3) is 5.56 Å². The van der Waals surface area contributed by atoms with E-state index in [-0.39, 0.29) is 18.0 Å². The summed E-state index contributed by atoms with van der Waals surface area (Å²) in [5.74, 6) is -0.171. The fraction of sp³-hybridized carbons (Fsp3) is 0.208. The highest BCUT2D eigenvalue weighted by Crippen LogP contribution is 2.17. The fourth-order valence-corrected chi connectivity index (χ4v) is 4.47. The van der Waals surface area contributed by atoms with E-state index in [1.54, 1.807) is 28.5 Å². The van der Waals surface area contributed by atoms with E-state index in [0.717, 1.165) is 15.7 Å².